The maximum atomic E-state index is 12.4. The molecule has 0 spiro atoms. The number of fused-ring (bicyclic) bond motifs is 1. The number of benzene rings is 1. The van der Waals surface area contributed by atoms with Crippen molar-refractivity contribution < 1.29 is 9.32 Å². The topological polar surface area (TPSA) is 72.4 Å². The highest BCUT2D eigenvalue weighted by Crippen LogP contribution is 2.34. The molecule has 0 aliphatic heterocycles. The average Bonchev–Trinajstić information content (AvgIpc) is 3.47. The Morgan fingerprint density at radius 3 is 2.69 bits per heavy atom. The molecule has 1 amide bonds. The number of imidazole rings is 1. The Morgan fingerprint density at radius 1 is 1.10 bits per heavy atom. The maximum Gasteiger partial charge on any atom is 0.227 e. The summed E-state index contributed by atoms with van der Waals surface area (Å²) in [5.74, 6) is 0.975. The molecule has 5 rings (SSSR count). The molecule has 0 saturated heterocycles. The zero-order valence-corrected chi connectivity index (χ0v) is 16.3. The molecule has 3 aromatic heterocycles. The lowest BCUT2D eigenvalue weighted by atomic mass is 10.0. The van der Waals surface area contributed by atoms with Gasteiger partial charge in [0, 0.05) is 23.9 Å². The van der Waals surface area contributed by atoms with Crippen LogP contribution in [0.25, 0.3) is 28.2 Å². The average molecular weight is 386 g/mol. The Morgan fingerprint density at radius 2 is 1.90 bits per heavy atom. The summed E-state index contributed by atoms with van der Waals surface area (Å²) >= 11 is 0. The number of nitrogens with one attached hydrogen (secondary N) is 1. The third kappa shape index (κ3) is 3.31. The third-order valence-corrected chi connectivity index (χ3v) is 5.61. The van der Waals surface area contributed by atoms with E-state index in [0.717, 1.165) is 65.3 Å². The smallest absolute Gasteiger partial charge is 0.227 e. The van der Waals surface area contributed by atoms with Gasteiger partial charge in [-0.15, -0.1) is 0 Å². The van der Waals surface area contributed by atoms with Gasteiger partial charge in [-0.3, -0.25) is 4.79 Å². The highest BCUT2D eigenvalue weighted by Gasteiger charge is 2.23. The van der Waals surface area contributed by atoms with Crippen molar-refractivity contribution in [1.29, 1.82) is 0 Å². The van der Waals surface area contributed by atoms with E-state index in [1.54, 1.807) is 0 Å². The zero-order chi connectivity index (χ0) is 19.8. The predicted molar refractivity (Wildman–Crippen MR) is 111 cm³/mol. The second kappa shape index (κ2) is 7.20. The van der Waals surface area contributed by atoms with E-state index in [4.69, 9.17) is 9.51 Å². The van der Waals surface area contributed by atoms with Gasteiger partial charge in [-0.05, 0) is 31.9 Å². The number of amides is 1. The van der Waals surface area contributed by atoms with Gasteiger partial charge in [0.1, 0.15) is 17.1 Å². The molecule has 0 bridgehead atoms. The monoisotopic (exact) mass is 386 g/mol. The Bertz CT molecular complexity index is 1170. The van der Waals surface area contributed by atoms with E-state index in [0.29, 0.717) is 0 Å². The lowest BCUT2D eigenvalue weighted by Gasteiger charge is -2.10. The summed E-state index contributed by atoms with van der Waals surface area (Å²) in [6.45, 7) is 1.89. The van der Waals surface area contributed by atoms with Crippen LogP contribution in [0.5, 0.6) is 0 Å². The first-order valence-electron chi connectivity index (χ1n) is 10.0. The minimum atomic E-state index is 0.114. The van der Waals surface area contributed by atoms with Crippen LogP contribution in [0.4, 0.5) is 5.69 Å². The minimum Gasteiger partial charge on any atom is -0.360 e. The first-order valence-corrected chi connectivity index (χ1v) is 10.0. The molecule has 1 aliphatic carbocycles. The molecule has 6 heteroatoms. The molecular weight excluding hydrogens is 364 g/mol. The predicted octanol–water partition coefficient (Wildman–Crippen LogP) is 5.09. The number of pyridine rings is 1. The van der Waals surface area contributed by atoms with Crippen LogP contribution in [0.3, 0.4) is 0 Å². The van der Waals surface area contributed by atoms with Gasteiger partial charge in [0.05, 0.1) is 16.9 Å². The third-order valence-electron chi connectivity index (χ3n) is 5.61. The molecule has 1 aliphatic rings. The lowest BCUT2D eigenvalue weighted by Crippen LogP contribution is -2.20. The van der Waals surface area contributed by atoms with E-state index in [9.17, 15) is 4.79 Å². The van der Waals surface area contributed by atoms with E-state index in [1.807, 2.05) is 66.2 Å². The summed E-state index contributed by atoms with van der Waals surface area (Å²) in [5.41, 5.74) is 5.03. The summed E-state index contributed by atoms with van der Waals surface area (Å²) in [6.07, 6.45) is 8.11. The van der Waals surface area contributed by atoms with Crippen LogP contribution in [0.1, 0.15) is 31.4 Å². The van der Waals surface area contributed by atoms with Crippen molar-refractivity contribution in [1.82, 2.24) is 14.5 Å². The van der Waals surface area contributed by atoms with Gasteiger partial charge in [0.25, 0.3) is 0 Å². The van der Waals surface area contributed by atoms with Crippen LogP contribution in [0, 0.1) is 12.8 Å². The van der Waals surface area contributed by atoms with E-state index in [-0.39, 0.29) is 11.8 Å². The number of aryl methyl sites for hydroxylation is 1. The standard InChI is InChI=1S/C23H22N4O2/c1-15-21(22(26-29-15)16-7-3-2-4-8-16)19-14-27-13-18(11-12-20(27)25-19)24-23(28)17-9-5-6-10-17/h2-4,7-8,11-14,17H,5-6,9-10H2,1H3,(H,24,28). The molecule has 1 N–H and O–H groups in total. The van der Waals surface area contributed by atoms with Gasteiger partial charge in [0.2, 0.25) is 5.91 Å². The lowest BCUT2D eigenvalue weighted by molar-refractivity contribution is -0.119. The van der Waals surface area contributed by atoms with Crippen LogP contribution in [-0.4, -0.2) is 20.4 Å². The van der Waals surface area contributed by atoms with Gasteiger partial charge in [-0.1, -0.05) is 48.3 Å². The molecule has 0 unspecified atom stereocenters. The van der Waals surface area contributed by atoms with Gasteiger partial charge < -0.3 is 14.2 Å². The fraction of sp³-hybridized carbons (Fsp3) is 0.261. The number of rotatable bonds is 4. The fourth-order valence-corrected chi connectivity index (χ4v) is 4.09. The van der Waals surface area contributed by atoms with Crippen molar-refractivity contribution in [2.45, 2.75) is 32.6 Å². The van der Waals surface area contributed by atoms with E-state index < -0.39 is 0 Å². The molecule has 0 atom stereocenters. The van der Waals surface area contributed by atoms with Gasteiger partial charge >= 0.3 is 0 Å². The summed E-state index contributed by atoms with van der Waals surface area (Å²) in [7, 11) is 0. The van der Waals surface area contributed by atoms with Gasteiger partial charge in [-0.25, -0.2) is 4.98 Å². The fourth-order valence-electron chi connectivity index (χ4n) is 4.09. The normalized spacial score (nSPS) is 14.5. The van der Waals surface area contributed by atoms with Crippen LogP contribution in [-0.2, 0) is 4.79 Å². The number of carbonyl (C=O) groups excluding carboxylic acids is 1. The summed E-state index contributed by atoms with van der Waals surface area (Å²) in [5, 5.41) is 7.30. The van der Waals surface area contributed by atoms with Crippen LogP contribution in [0.2, 0.25) is 0 Å². The number of hydrogen-bond donors (Lipinski definition) is 1. The Hall–Kier alpha value is -3.41. The molecule has 1 fully saturated rings. The van der Waals surface area contributed by atoms with Gasteiger partial charge in [0.15, 0.2) is 0 Å². The number of nitrogens with zero attached hydrogens (tertiary/aromatic N) is 3. The van der Waals surface area contributed by atoms with Crippen LogP contribution in [0.15, 0.2) is 59.4 Å². The quantitative estimate of drug-likeness (QED) is 0.530. The zero-order valence-electron chi connectivity index (χ0n) is 16.3. The van der Waals surface area contributed by atoms with Crippen molar-refractivity contribution in [3.63, 3.8) is 0 Å². The van der Waals surface area contributed by atoms with Crippen molar-refractivity contribution in [3.8, 4) is 22.5 Å². The highest BCUT2D eigenvalue weighted by molar-refractivity contribution is 5.92. The highest BCUT2D eigenvalue weighted by atomic mass is 16.5. The van der Waals surface area contributed by atoms with Crippen LogP contribution < -0.4 is 5.32 Å². The van der Waals surface area contributed by atoms with E-state index >= 15 is 0 Å². The summed E-state index contributed by atoms with van der Waals surface area (Å²) in [6, 6.07) is 13.8. The molecule has 6 nitrogen and oxygen atoms in total. The molecule has 4 aromatic rings. The number of aromatic nitrogens is 3. The number of carbonyl (C=O) groups is 1. The van der Waals surface area contributed by atoms with E-state index in [1.165, 1.54) is 0 Å². The SMILES string of the molecule is Cc1onc(-c2ccccc2)c1-c1cn2cc(NC(=O)C3CCCC3)ccc2n1. The van der Waals surface area contributed by atoms with Crippen molar-refractivity contribution in [3.05, 3.63) is 60.6 Å². The number of hydrogen-bond acceptors (Lipinski definition) is 4. The molecular formula is C23H22N4O2. The molecule has 3 heterocycles. The van der Waals surface area contributed by atoms with Crippen molar-refractivity contribution >= 4 is 17.2 Å². The van der Waals surface area contributed by atoms with E-state index in [2.05, 4.69) is 10.5 Å². The first-order chi connectivity index (χ1) is 14.2. The second-order valence-electron chi connectivity index (χ2n) is 7.61. The Kier molecular flexibility index (Phi) is 4.39. The van der Waals surface area contributed by atoms with Gasteiger partial charge in [-0.2, -0.15) is 0 Å². The summed E-state index contributed by atoms with van der Waals surface area (Å²) < 4.78 is 7.41. The molecule has 29 heavy (non-hydrogen) atoms. The largest absolute Gasteiger partial charge is 0.360 e. The molecule has 0 radical (unpaired) electrons. The Labute approximate surface area is 168 Å². The molecule has 146 valence electrons. The van der Waals surface area contributed by atoms with Crippen molar-refractivity contribution in [2.24, 2.45) is 5.92 Å². The molecule has 1 aromatic carbocycles. The van der Waals surface area contributed by atoms with Crippen LogP contribution >= 0.6 is 0 Å². The molecule has 1 saturated carbocycles. The second-order valence-corrected chi connectivity index (χ2v) is 7.61. The Balaban J connectivity index is 1.48. The summed E-state index contributed by atoms with van der Waals surface area (Å²) in [4.78, 5) is 17.2. The number of anilines is 1. The minimum absolute atomic E-state index is 0.114. The first kappa shape index (κ1) is 17.7. The van der Waals surface area contributed by atoms with Crippen molar-refractivity contribution in [2.75, 3.05) is 5.32 Å². The maximum absolute atomic E-state index is 12.4.